The molecule has 0 aromatic heterocycles. The van der Waals surface area contributed by atoms with Crippen LogP contribution in [0.2, 0.25) is 0 Å². The molecule has 0 N–H and O–H groups in total. The lowest BCUT2D eigenvalue weighted by Crippen LogP contribution is -2.10. The van der Waals surface area contributed by atoms with Crippen molar-refractivity contribution in [1.29, 1.82) is 0 Å². The molecule has 0 aliphatic heterocycles. The molecule has 32 aromatic rings. The minimum Gasteiger partial charge on any atom is -0.0622 e. The first-order valence-electron chi connectivity index (χ1n) is 53.2. The van der Waals surface area contributed by atoms with Gasteiger partial charge in [0.05, 0.1) is 0 Å². The fourth-order valence-corrected chi connectivity index (χ4v) is 27.8. The summed E-state index contributed by atoms with van der Waals surface area (Å²) < 4.78 is 0. The third kappa shape index (κ3) is 12.8. The van der Waals surface area contributed by atoms with Gasteiger partial charge < -0.3 is 0 Å². The van der Waals surface area contributed by atoms with Crippen LogP contribution in [0.4, 0.5) is 0 Å². The molecule has 0 atom stereocenters. The van der Waals surface area contributed by atoms with E-state index >= 15 is 0 Å². The van der Waals surface area contributed by atoms with Gasteiger partial charge in [-0.15, -0.1) is 0 Å². The van der Waals surface area contributed by atoms with E-state index in [1.165, 1.54) is 349 Å². The van der Waals surface area contributed by atoms with Crippen LogP contribution < -0.4 is 0 Å². The predicted molar refractivity (Wildman–Crippen MR) is 654 cm³/mol. The van der Waals surface area contributed by atoms with Crippen molar-refractivity contribution in [2.45, 2.75) is 80.1 Å². The summed E-state index contributed by atoms with van der Waals surface area (Å²) >= 11 is 0. The van der Waals surface area contributed by atoms with Crippen LogP contribution >= 0.6 is 0 Å². The van der Waals surface area contributed by atoms with E-state index in [0.29, 0.717) is 0 Å². The number of benzene rings is 26. The van der Waals surface area contributed by atoms with Crippen molar-refractivity contribution in [3.63, 3.8) is 0 Å². The Kier molecular flexibility index (Phi) is 19.1. The minimum atomic E-state index is 0.0779. The largest absolute Gasteiger partial charge is 0.0622 e. The summed E-state index contributed by atoms with van der Waals surface area (Å²) in [6, 6.07) is 170. The van der Waals surface area contributed by atoms with E-state index < -0.39 is 0 Å². The molecule has 0 unspecified atom stereocenters. The van der Waals surface area contributed by atoms with E-state index in [2.05, 4.69) is 518 Å². The number of hydrogen-bond donors (Lipinski definition) is 0. The summed E-state index contributed by atoms with van der Waals surface area (Å²) in [7, 11) is 0. The molecule has 32 aromatic carbocycles. The molecule has 704 valence electrons. The third-order valence-electron chi connectivity index (χ3n) is 33.8. The van der Waals surface area contributed by atoms with Gasteiger partial charge in [0.15, 0.2) is 0 Å². The highest BCUT2D eigenvalue weighted by molar-refractivity contribution is 6.50. The van der Waals surface area contributed by atoms with Crippen molar-refractivity contribution >= 4 is 226 Å². The molecule has 0 fully saturated rings. The first-order valence-corrected chi connectivity index (χ1v) is 53.2. The van der Waals surface area contributed by atoms with Gasteiger partial charge in [0.2, 0.25) is 0 Å². The fourth-order valence-electron chi connectivity index (χ4n) is 27.8. The number of rotatable bonds is 8. The Morgan fingerprint density at radius 1 is 0.120 bits per heavy atom. The first kappa shape index (κ1) is 87.4. The van der Waals surface area contributed by atoms with E-state index in [1.807, 2.05) is 0 Å². The van der Waals surface area contributed by atoms with Gasteiger partial charge in [0.1, 0.15) is 0 Å². The van der Waals surface area contributed by atoms with Crippen LogP contribution in [-0.2, 0) is 10.8 Å². The summed E-state index contributed by atoms with van der Waals surface area (Å²) in [5, 5.41) is 56.0. The van der Waals surface area contributed by atoms with E-state index in [1.54, 1.807) is 0 Å². The molecule has 0 bridgehead atoms. The molecular weight excluding hydrogens is 1800 g/mol. The zero-order chi connectivity index (χ0) is 100. The maximum Gasteiger partial charge on any atom is -0.000697 e. The second-order valence-corrected chi connectivity index (χ2v) is 44.7. The lowest BCUT2D eigenvalue weighted by atomic mass is 9.81. The molecule has 0 saturated carbocycles. The molecule has 0 aliphatic rings. The van der Waals surface area contributed by atoms with Crippen molar-refractivity contribution in [2.75, 3.05) is 0 Å². The van der Waals surface area contributed by atoms with Crippen LogP contribution in [0.5, 0.6) is 0 Å². The average molecular weight is 1910 g/mol. The van der Waals surface area contributed by atoms with Crippen LogP contribution in [0.25, 0.3) is 315 Å². The van der Waals surface area contributed by atoms with Crippen LogP contribution in [0, 0.1) is 27.7 Å². The van der Waals surface area contributed by atoms with Crippen LogP contribution in [0.15, 0.2) is 449 Å². The van der Waals surface area contributed by atoms with Crippen molar-refractivity contribution in [2.24, 2.45) is 0 Å². The van der Waals surface area contributed by atoms with Crippen LogP contribution in [-0.4, -0.2) is 0 Å². The maximum atomic E-state index is 2.54. The highest BCUT2D eigenvalue weighted by Crippen LogP contribution is 2.62. The normalized spacial score (nSPS) is 12.5. The van der Waals surface area contributed by atoms with Gasteiger partial charge in [-0.25, -0.2) is 0 Å². The quantitative estimate of drug-likeness (QED) is 0.133. The van der Waals surface area contributed by atoms with Gasteiger partial charge in [-0.1, -0.05) is 495 Å². The molecule has 0 saturated heterocycles. The predicted octanol–water partition coefficient (Wildman–Crippen LogP) is 43.1. The maximum absolute atomic E-state index is 2.54. The van der Waals surface area contributed by atoms with Gasteiger partial charge in [0, 0.05) is 0 Å². The Labute approximate surface area is 871 Å². The van der Waals surface area contributed by atoms with E-state index in [9.17, 15) is 0 Å². The Morgan fingerprint density at radius 3 is 0.687 bits per heavy atom. The molecule has 0 spiro atoms. The van der Waals surface area contributed by atoms with Crippen molar-refractivity contribution in [3.8, 4) is 89.0 Å². The standard InChI is InChI=1S/C54H32.C50H40.C46H32/c1-3-16-33(17-4-1)36-22-7-11-26-40(36)50-47-32-46-39-25-10-9-24-38(39)42-28-15-31-45(49(42)46)51(47)52(41-27-12-8-23-37(41)34-18-5-2-6-19-34)54-44-30-14-21-35-20-13-29-43(48(35)44)53(50)54;1-49(2,3)32-24-20-30(21-25-32)43-41-28-40-35-15-8-7-14-34(35)36-16-11-19-39(45(36)40)46(41)44(31-22-26-33(27-23-31)50(4,5)6)48-38-18-10-13-29-12-9-17-37(42(29)38)47(43)48;1-25-18-26(2)21-30(20-25)41-39-24-38-33-13-6-5-12-32(33)34-14-9-17-37(43(34)38)44(39)42(31-22-27(3)19-28(4)23-31)46-36-16-8-11-29-10-7-15-35(40(29)36)45(41)46/h1-32H;7-28H,1-6H3;5-24H,1-4H3. The monoisotopic (exact) mass is 1900 g/mol. The molecule has 0 heteroatoms. The van der Waals surface area contributed by atoms with Crippen molar-refractivity contribution in [3.05, 3.63) is 482 Å². The van der Waals surface area contributed by atoms with E-state index in [-0.39, 0.29) is 10.8 Å². The second kappa shape index (κ2) is 32.8. The van der Waals surface area contributed by atoms with Gasteiger partial charge in [-0.05, 0) is 383 Å². The van der Waals surface area contributed by atoms with E-state index in [0.717, 1.165) is 0 Å². The van der Waals surface area contributed by atoms with Crippen LogP contribution in [0.1, 0.15) is 74.9 Å². The number of aryl methyl sites for hydroxylation is 4. The molecule has 0 radical (unpaired) electrons. The number of hydrogen-bond acceptors (Lipinski definition) is 0. The lowest BCUT2D eigenvalue weighted by Gasteiger charge is -2.22. The molecule has 0 nitrogen and oxygen atoms in total. The molecule has 32 rings (SSSR count). The molecule has 150 heavy (non-hydrogen) atoms. The van der Waals surface area contributed by atoms with Crippen LogP contribution in [0.3, 0.4) is 0 Å². The summed E-state index contributed by atoms with van der Waals surface area (Å²) in [5.74, 6) is 0. The summed E-state index contributed by atoms with van der Waals surface area (Å²) in [4.78, 5) is 0. The molecule has 0 heterocycles. The highest BCUT2D eigenvalue weighted by Gasteiger charge is 2.34. The Hall–Kier alpha value is -17.9. The molecule has 0 amide bonds. The first-order chi connectivity index (χ1) is 73.4. The highest BCUT2D eigenvalue weighted by atomic mass is 14.4. The van der Waals surface area contributed by atoms with Crippen molar-refractivity contribution < 1.29 is 0 Å². The zero-order valence-corrected chi connectivity index (χ0v) is 85.7. The zero-order valence-electron chi connectivity index (χ0n) is 85.7. The van der Waals surface area contributed by atoms with Gasteiger partial charge in [-0.2, -0.15) is 0 Å². The van der Waals surface area contributed by atoms with Crippen molar-refractivity contribution in [1.82, 2.24) is 0 Å². The van der Waals surface area contributed by atoms with E-state index in [4.69, 9.17) is 0 Å². The second-order valence-electron chi connectivity index (χ2n) is 44.7. The minimum absolute atomic E-state index is 0.0779. The SMILES string of the molecule is CC(C)(C)c1ccc(-c2c3cc4c5ccccc5c5cccc(c3c(-c3ccc(C(C)(C)C)cc3)c3c6cccc7cccc(c23)c76)c54)cc1.Cc1cc(C)cc(-c2c3cc4c5ccccc5c5cccc(c3c(-c3cc(C)cc(C)c3)c3c6cccc7cccc(c23)c76)c54)c1.c1ccc(-c2ccccc2-c2c3cc4c5ccccc5c5cccc(c3c(-c3ccccc3-c3ccccc3)c3c6cccc7cccc(c23)c76)c54)cc1. The Bertz CT molecular complexity index is 11200. The number of fused-ring (bicyclic) bond motifs is 24. The Morgan fingerprint density at radius 2 is 0.347 bits per heavy atom. The van der Waals surface area contributed by atoms with Gasteiger partial charge >= 0.3 is 0 Å². The summed E-state index contributed by atoms with van der Waals surface area (Å²) in [5.41, 5.74) is 28.6. The van der Waals surface area contributed by atoms with Gasteiger partial charge in [0.25, 0.3) is 0 Å². The van der Waals surface area contributed by atoms with Gasteiger partial charge in [-0.3, -0.25) is 0 Å². The fraction of sp³-hybridized carbons (Fsp3) is 0.0800. The smallest absolute Gasteiger partial charge is 0.000697 e. The Balaban J connectivity index is 0.000000104. The summed E-state index contributed by atoms with van der Waals surface area (Å²) in [6.45, 7) is 22.7. The third-order valence-corrected chi connectivity index (χ3v) is 33.8. The average Bonchev–Trinajstić information content (AvgIpc) is 1.53. The summed E-state index contributed by atoms with van der Waals surface area (Å²) in [6.07, 6.45) is 0. The lowest BCUT2D eigenvalue weighted by molar-refractivity contribution is 0.590. The molecule has 0 aliphatic carbocycles. The molecular formula is C150H104. The topological polar surface area (TPSA) is 0 Å².